The molecular formula is C13H13BrN2O. The number of anilines is 1. The van der Waals surface area contributed by atoms with Crippen molar-refractivity contribution in [3.05, 3.63) is 28.2 Å². The number of rotatable bonds is 2. The quantitative estimate of drug-likeness (QED) is 0.788. The van der Waals surface area contributed by atoms with Gasteiger partial charge in [0.1, 0.15) is 12.4 Å². The fourth-order valence-corrected chi connectivity index (χ4v) is 2.71. The van der Waals surface area contributed by atoms with E-state index in [0.29, 0.717) is 5.56 Å². The number of nitriles is 1. The molecule has 1 heterocycles. The first-order valence-corrected chi connectivity index (χ1v) is 6.47. The Balaban J connectivity index is 2.42. The van der Waals surface area contributed by atoms with E-state index in [9.17, 15) is 10.1 Å². The summed E-state index contributed by atoms with van der Waals surface area (Å²) in [4.78, 5) is 13.1. The van der Waals surface area contributed by atoms with Gasteiger partial charge < -0.3 is 9.69 Å². The van der Waals surface area contributed by atoms with Gasteiger partial charge in [0.15, 0.2) is 0 Å². The maximum atomic E-state index is 11.1. The summed E-state index contributed by atoms with van der Waals surface area (Å²) in [5, 5.41) is 9.19. The van der Waals surface area contributed by atoms with Gasteiger partial charge >= 0.3 is 0 Å². The third kappa shape index (κ3) is 2.34. The number of carbonyl (C=O) groups is 1. The molecule has 1 fully saturated rings. The second-order valence-corrected chi connectivity index (χ2v) is 4.99. The Hall–Kier alpha value is -1.34. The summed E-state index contributed by atoms with van der Waals surface area (Å²) in [7, 11) is 0. The van der Waals surface area contributed by atoms with Crippen LogP contribution in [0.1, 0.15) is 24.8 Å². The average Bonchev–Trinajstić information content (AvgIpc) is 2.38. The lowest BCUT2D eigenvalue weighted by atomic mass is 10.0. The van der Waals surface area contributed by atoms with E-state index in [2.05, 4.69) is 22.0 Å². The maximum absolute atomic E-state index is 11.1. The molecule has 3 nitrogen and oxygen atoms in total. The fraction of sp³-hybridized carbons (Fsp3) is 0.385. The van der Waals surface area contributed by atoms with Gasteiger partial charge in [-0.15, -0.1) is 0 Å². The molecule has 1 atom stereocenters. The lowest BCUT2D eigenvalue weighted by Gasteiger charge is -2.34. The molecular weight excluding hydrogens is 280 g/mol. The average molecular weight is 293 g/mol. The van der Waals surface area contributed by atoms with Crippen LogP contribution in [0.2, 0.25) is 0 Å². The smallest absolute Gasteiger partial charge is 0.142 e. The number of piperidine rings is 1. The van der Waals surface area contributed by atoms with Crippen LogP contribution in [-0.2, 0) is 4.79 Å². The standard InChI is InChI=1S/C13H13BrN2O/c14-12-5-3-6-13(11(12)8-15)16-7-2-1-4-10(16)9-17/h3,5-6,9-10H,1-2,4,7H2. The number of nitrogens with zero attached hydrogens (tertiary/aromatic N) is 2. The first kappa shape index (κ1) is 12.1. The minimum atomic E-state index is -0.0925. The number of benzene rings is 1. The zero-order valence-corrected chi connectivity index (χ0v) is 11.0. The minimum Gasteiger partial charge on any atom is -0.361 e. The van der Waals surface area contributed by atoms with Crippen LogP contribution >= 0.6 is 15.9 Å². The highest BCUT2D eigenvalue weighted by molar-refractivity contribution is 9.10. The lowest BCUT2D eigenvalue weighted by molar-refractivity contribution is -0.109. The van der Waals surface area contributed by atoms with Crippen LogP contribution in [0.4, 0.5) is 5.69 Å². The molecule has 1 aliphatic heterocycles. The molecule has 0 aromatic heterocycles. The van der Waals surface area contributed by atoms with E-state index in [4.69, 9.17) is 0 Å². The Morgan fingerprint density at radius 3 is 3.00 bits per heavy atom. The molecule has 0 radical (unpaired) electrons. The molecule has 88 valence electrons. The van der Waals surface area contributed by atoms with Crippen LogP contribution in [0, 0.1) is 11.3 Å². The number of aldehydes is 1. The second-order valence-electron chi connectivity index (χ2n) is 4.14. The zero-order valence-electron chi connectivity index (χ0n) is 9.40. The van der Waals surface area contributed by atoms with Crippen LogP contribution in [0.25, 0.3) is 0 Å². The van der Waals surface area contributed by atoms with Gasteiger partial charge in [0, 0.05) is 11.0 Å². The summed E-state index contributed by atoms with van der Waals surface area (Å²) in [6.45, 7) is 0.842. The van der Waals surface area contributed by atoms with Crippen molar-refractivity contribution in [2.45, 2.75) is 25.3 Å². The summed E-state index contributed by atoms with van der Waals surface area (Å²) in [6.07, 6.45) is 4.01. The molecule has 1 aromatic carbocycles. The van der Waals surface area contributed by atoms with Crippen molar-refractivity contribution < 1.29 is 4.79 Å². The maximum Gasteiger partial charge on any atom is 0.142 e. The van der Waals surface area contributed by atoms with Gasteiger partial charge in [-0.05, 0) is 47.3 Å². The molecule has 1 unspecified atom stereocenters. The van der Waals surface area contributed by atoms with E-state index in [1.54, 1.807) is 0 Å². The summed E-state index contributed by atoms with van der Waals surface area (Å²) >= 11 is 3.38. The molecule has 17 heavy (non-hydrogen) atoms. The van der Waals surface area contributed by atoms with Crippen molar-refractivity contribution in [1.29, 1.82) is 5.26 Å². The van der Waals surface area contributed by atoms with Crippen molar-refractivity contribution >= 4 is 27.9 Å². The molecule has 1 aliphatic rings. The summed E-state index contributed by atoms with van der Waals surface area (Å²) < 4.78 is 0.785. The number of carbonyl (C=O) groups excluding carboxylic acids is 1. The van der Waals surface area contributed by atoms with Crippen molar-refractivity contribution in [2.24, 2.45) is 0 Å². The van der Waals surface area contributed by atoms with E-state index in [-0.39, 0.29) is 6.04 Å². The molecule has 1 aromatic rings. The highest BCUT2D eigenvalue weighted by Gasteiger charge is 2.24. The van der Waals surface area contributed by atoms with Crippen LogP contribution in [0.5, 0.6) is 0 Å². The third-order valence-corrected chi connectivity index (χ3v) is 3.78. The van der Waals surface area contributed by atoms with Crippen LogP contribution in [0.15, 0.2) is 22.7 Å². The van der Waals surface area contributed by atoms with Gasteiger partial charge in [-0.25, -0.2) is 0 Å². The lowest BCUT2D eigenvalue weighted by Crippen LogP contribution is -2.41. The molecule has 0 spiro atoms. The highest BCUT2D eigenvalue weighted by atomic mass is 79.9. The number of halogens is 1. The van der Waals surface area contributed by atoms with Gasteiger partial charge in [0.2, 0.25) is 0 Å². The minimum absolute atomic E-state index is 0.0925. The van der Waals surface area contributed by atoms with Crippen LogP contribution in [0.3, 0.4) is 0 Å². The predicted octanol–water partition coefficient (Wildman–Crippen LogP) is 2.88. The normalized spacial score (nSPS) is 19.8. The van der Waals surface area contributed by atoms with Crippen LogP contribution < -0.4 is 4.90 Å². The fourth-order valence-electron chi connectivity index (χ4n) is 2.26. The molecule has 0 amide bonds. The molecule has 0 bridgehead atoms. The van der Waals surface area contributed by atoms with Gasteiger partial charge in [-0.1, -0.05) is 6.07 Å². The van der Waals surface area contributed by atoms with Gasteiger partial charge in [0.25, 0.3) is 0 Å². The van der Waals surface area contributed by atoms with E-state index in [1.165, 1.54) is 0 Å². The molecule has 4 heteroatoms. The van der Waals surface area contributed by atoms with Gasteiger partial charge in [0.05, 0.1) is 17.3 Å². The van der Waals surface area contributed by atoms with E-state index < -0.39 is 0 Å². The Morgan fingerprint density at radius 1 is 1.47 bits per heavy atom. The van der Waals surface area contributed by atoms with E-state index in [1.807, 2.05) is 23.1 Å². The zero-order chi connectivity index (χ0) is 12.3. The van der Waals surface area contributed by atoms with E-state index >= 15 is 0 Å². The van der Waals surface area contributed by atoms with Gasteiger partial charge in [-0.3, -0.25) is 0 Å². The monoisotopic (exact) mass is 292 g/mol. The number of hydrogen-bond acceptors (Lipinski definition) is 3. The highest BCUT2D eigenvalue weighted by Crippen LogP contribution is 2.31. The first-order chi connectivity index (χ1) is 8.27. The summed E-state index contributed by atoms with van der Waals surface area (Å²) in [5.41, 5.74) is 1.47. The first-order valence-electron chi connectivity index (χ1n) is 5.68. The predicted molar refractivity (Wildman–Crippen MR) is 69.9 cm³/mol. The molecule has 0 N–H and O–H groups in total. The molecule has 0 aliphatic carbocycles. The van der Waals surface area contributed by atoms with Crippen molar-refractivity contribution in [3.63, 3.8) is 0 Å². The van der Waals surface area contributed by atoms with Crippen molar-refractivity contribution in [2.75, 3.05) is 11.4 Å². The van der Waals surface area contributed by atoms with Crippen LogP contribution in [-0.4, -0.2) is 18.9 Å². The molecule has 2 rings (SSSR count). The summed E-state index contributed by atoms with van der Waals surface area (Å²) in [6, 6.07) is 7.77. The van der Waals surface area contributed by atoms with Gasteiger partial charge in [-0.2, -0.15) is 5.26 Å². The topological polar surface area (TPSA) is 44.1 Å². The Morgan fingerprint density at radius 2 is 2.29 bits per heavy atom. The van der Waals surface area contributed by atoms with E-state index in [0.717, 1.165) is 42.3 Å². The number of hydrogen-bond donors (Lipinski definition) is 0. The van der Waals surface area contributed by atoms with Crippen molar-refractivity contribution in [1.82, 2.24) is 0 Å². The SMILES string of the molecule is N#Cc1c(Br)cccc1N1CCCCC1C=O. The van der Waals surface area contributed by atoms with Crippen molar-refractivity contribution in [3.8, 4) is 6.07 Å². The Labute approximate surface area is 109 Å². The molecule has 0 saturated carbocycles. The second kappa shape index (κ2) is 5.33. The molecule has 1 saturated heterocycles. The summed E-state index contributed by atoms with van der Waals surface area (Å²) in [5.74, 6) is 0. The Kier molecular flexibility index (Phi) is 3.80. The Bertz CT molecular complexity index is 467. The largest absolute Gasteiger partial charge is 0.361 e. The third-order valence-electron chi connectivity index (χ3n) is 3.12.